The van der Waals surface area contributed by atoms with Gasteiger partial charge in [-0.15, -0.1) is 0 Å². The van der Waals surface area contributed by atoms with Gasteiger partial charge in [0.25, 0.3) is 0 Å². The van der Waals surface area contributed by atoms with E-state index in [1.807, 2.05) is 36.4 Å². The standard InChI is InChI=1S/C8H8.C5H7NO3/c1-2-8-6-4-3-5-7-8;6-3-1-2-4(7)9-5(3)8/h2-7H,1H2;3H,1-2,6H2/t;3-/m.0/s1. The monoisotopic (exact) mass is 233 g/mol. The minimum Gasteiger partial charge on any atom is -0.392 e. The summed E-state index contributed by atoms with van der Waals surface area (Å²) in [5.74, 6) is -1.08. The number of hydrogen-bond acceptors (Lipinski definition) is 4. The van der Waals surface area contributed by atoms with E-state index in [0.717, 1.165) is 0 Å². The fourth-order valence-corrected chi connectivity index (χ4v) is 1.22. The fourth-order valence-electron chi connectivity index (χ4n) is 1.22. The van der Waals surface area contributed by atoms with Gasteiger partial charge in [-0.1, -0.05) is 43.0 Å². The van der Waals surface area contributed by atoms with Crippen LogP contribution in [0, 0.1) is 0 Å². The van der Waals surface area contributed by atoms with E-state index in [1.54, 1.807) is 0 Å². The van der Waals surface area contributed by atoms with E-state index in [-0.39, 0.29) is 6.42 Å². The number of rotatable bonds is 1. The Kier molecular flexibility index (Phi) is 5.10. The molecule has 0 aliphatic carbocycles. The quantitative estimate of drug-likeness (QED) is 0.589. The Labute approximate surface area is 100 Å². The lowest BCUT2D eigenvalue weighted by atomic mass is 10.1. The molecule has 0 unspecified atom stereocenters. The number of benzene rings is 1. The Bertz CT molecular complexity index is 400. The van der Waals surface area contributed by atoms with Crippen molar-refractivity contribution in [1.82, 2.24) is 0 Å². The van der Waals surface area contributed by atoms with Gasteiger partial charge in [-0.3, -0.25) is 4.79 Å². The Morgan fingerprint density at radius 2 is 1.94 bits per heavy atom. The van der Waals surface area contributed by atoms with E-state index < -0.39 is 18.0 Å². The van der Waals surface area contributed by atoms with Crippen molar-refractivity contribution in [3.63, 3.8) is 0 Å². The van der Waals surface area contributed by atoms with Crippen LogP contribution in [-0.4, -0.2) is 18.0 Å². The highest BCUT2D eigenvalue weighted by Gasteiger charge is 2.24. The molecule has 0 spiro atoms. The molecule has 2 rings (SSSR count). The zero-order chi connectivity index (χ0) is 12.7. The summed E-state index contributed by atoms with van der Waals surface area (Å²) in [5, 5.41) is 0. The third kappa shape index (κ3) is 4.61. The predicted octanol–water partition coefficient (Wildman–Crippen LogP) is 1.51. The van der Waals surface area contributed by atoms with Crippen LogP contribution in [0.2, 0.25) is 0 Å². The van der Waals surface area contributed by atoms with Crippen molar-refractivity contribution in [2.45, 2.75) is 18.9 Å². The summed E-state index contributed by atoms with van der Waals surface area (Å²) in [6, 6.07) is 9.43. The van der Waals surface area contributed by atoms with E-state index in [0.29, 0.717) is 6.42 Å². The summed E-state index contributed by atoms with van der Waals surface area (Å²) in [5.41, 5.74) is 6.39. The lowest BCUT2D eigenvalue weighted by molar-refractivity contribution is -0.164. The molecular formula is C13H15NO3. The van der Waals surface area contributed by atoms with E-state index in [9.17, 15) is 9.59 Å². The van der Waals surface area contributed by atoms with Crippen LogP contribution in [0.5, 0.6) is 0 Å². The van der Waals surface area contributed by atoms with Gasteiger partial charge in [-0.25, -0.2) is 4.79 Å². The van der Waals surface area contributed by atoms with Crippen LogP contribution in [-0.2, 0) is 14.3 Å². The van der Waals surface area contributed by atoms with Gasteiger partial charge in [-0.2, -0.15) is 0 Å². The Morgan fingerprint density at radius 1 is 1.29 bits per heavy atom. The average molecular weight is 233 g/mol. The first-order valence-electron chi connectivity index (χ1n) is 5.31. The summed E-state index contributed by atoms with van der Waals surface area (Å²) < 4.78 is 4.20. The van der Waals surface area contributed by atoms with Crippen molar-refractivity contribution in [3.8, 4) is 0 Å². The smallest absolute Gasteiger partial charge is 0.330 e. The largest absolute Gasteiger partial charge is 0.392 e. The zero-order valence-electron chi connectivity index (χ0n) is 9.46. The molecule has 4 nitrogen and oxygen atoms in total. The highest BCUT2D eigenvalue weighted by atomic mass is 16.6. The molecule has 1 aromatic rings. The summed E-state index contributed by atoms with van der Waals surface area (Å²) in [6.45, 7) is 3.63. The molecule has 0 saturated carbocycles. The van der Waals surface area contributed by atoms with Crippen LogP contribution in [0.3, 0.4) is 0 Å². The van der Waals surface area contributed by atoms with Gasteiger partial charge in [0.05, 0.1) is 0 Å². The van der Waals surface area contributed by atoms with E-state index in [1.165, 1.54) is 5.56 Å². The lowest BCUT2D eigenvalue weighted by Crippen LogP contribution is -2.38. The summed E-state index contributed by atoms with van der Waals surface area (Å²) in [6.07, 6.45) is 2.50. The second-order valence-corrected chi connectivity index (χ2v) is 3.55. The van der Waals surface area contributed by atoms with Crippen molar-refractivity contribution in [2.24, 2.45) is 5.73 Å². The third-order valence-electron chi connectivity index (χ3n) is 2.21. The lowest BCUT2D eigenvalue weighted by Gasteiger charge is -2.14. The van der Waals surface area contributed by atoms with Gasteiger partial charge < -0.3 is 10.5 Å². The van der Waals surface area contributed by atoms with Gasteiger partial charge in [0.2, 0.25) is 0 Å². The highest BCUT2D eigenvalue weighted by molar-refractivity contribution is 5.91. The highest BCUT2D eigenvalue weighted by Crippen LogP contribution is 2.05. The number of ether oxygens (including phenoxy) is 1. The van der Waals surface area contributed by atoms with Crippen LogP contribution in [0.25, 0.3) is 6.08 Å². The number of esters is 2. The normalized spacial score (nSPS) is 18.8. The first-order valence-corrected chi connectivity index (χ1v) is 5.31. The SMILES string of the molecule is C=Cc1ccccc1.N[C@H]1CCC(=O)OC1=O. The van der Waals surface area contributed by atoms with Gasteiger partial charge in [0, 0.05) is 6.42 Å². The van der Waals surface area contributed by atoms with Crippen molar-refractivity contribution >= 4 is 18.0 Å². The molecule has 90 valence electrons. The minimum absolute atomic E-state index is 0.257. The molecule has 1 fully saturated rings. The van der Waals surface area contributed by atoms with Crippen LogP contribution in [0.15, 0.2) is 36.9 Å². The fraction of sp³-hybridized carbons (Fsp3) is 0.231. The summed E-state index contributed by atoms with van der Waals surface area (Å²) >= 11 is 0. The van der Waals surface area contributed by atoms with Crippen molar-refractivity contribution in [3.05, 3.63) is 42.5 Å². The molecule has 17 heavy (non-hydrogen) atoms. The van der Waals surface area contributed by atoms with Crippen LogP contribution < -0.4 is 5.73 Å². The van der Waals surface area contributed by atoms with Gasteiger partial charge in [0.1, 0.15) is 6.04 Å². The molecular weight excluding hydrogens is 218 g/mol. The number of carbonyl (C=O) groups is 2. The molecule has 4 heteroatoms. The molecule has 0 aromatic heterocycles. The van der Waals surface area contributed by atoms with E-state index in [4.69, 9.17) is 5.73 Å². The van der Waals surface area contributed by atoms with Gasteiger partial charge >= 0.3 is 11.9 Å². The predicted molar refractivity (Wildman–Crippen MR) is 64.8 cm³/mol. The molecule has 1 saturated heterocycles. The van der Waals surface area contributed by atoms with Gasteiger partial charge in [0.15, 0.2) is 0 Å². The maximum Gasteiger partial charge on any atom is 0.330 e. The summed E-state index contributed by atoms with van der Waals surface area (Å²) in [7, 11) is 0. The number of cyclic esters (lactones) is 2. The molecule has 1 aliphatic heterocycles. The Hall–Kier alpha value is -1.94. The van der Waals surface area contributed by atoms with Crippen LogP contribution >= 0.6 is 0 Å². The molecule has 2 N–H and O–H groups in total. The van der Waals surface area contributed by atoms with Crippen LogP contribution in [0.1, 0.15) is 18.4 Å². The first kappa shape index (κ1) is 13.1. The van der Waals surface area contributed by atoms with Crippen LogP contribution in [0.4, 0.5) is 0 Å². The summed E-state index contributed by atoms with van der Waals surface area (Å²) in [4.78, 5) is 20.8. The number of carbonyl (C=O) groups excluding carboxylic acids is 2. The second-order valence-electron chi connectivity index (χ2n) is 3.55. The van der Waals surface area contributed by atoms with E-state index >= 15 is 0 Å². The minimum atomic E-state index is -0.605. The van der Waals surface area contributed by atoms with Crippen molar-refractivity contribution in [1.29, 1.82) is 0 Å². The average Bonchev–Trinajstić information content (AvgIpc) is 2.36. The van der Waals surface area contributed by atoms with Gasteiger partial charge in [-0.05, 0) is 12.0 Å². The maximum absolute atomic E-state index is 10.4. The number of hydrogen-bond donors (Lipinski definition) is 1. The molecule has 1 aromatic carbocycles. The van der Waals surface area contributed by atoms with Crippen molar-refractivity contribution < 1.29 is 14.3 Å². The first-order chi connectivity index (χ1) is 8.13. The zero-order valence-corrected chi connectivity index (χ0v) is 9.46. The Morgan fingerprint density at radius 3 is 2.35 bits per heavy atom. The number of nitrogens with two attached hydrogens (primary N) is 1. The van der Waals surface area contributed by atoms with E-state index in [2.05, 4.69) is 11.3 Å². The molecule has 0 radical (unpaired) electrons. The second kappa shape index (κ2) is 6.60. The topological polar surface area (TPSA) is 69.4 Å². The molecule has 1 heterocycles. The van der Waals surface area contributed by atoms with Crippen molar-refractivity contribution in [2.75, 3.05) is 0 Å². The molecule has 1 atom stereocenters. The molecule has 0 amide bonds. The third-order valence-corrected chi connectivity index (χ3v) is 2.21. The molecule has 1 aliphatic rings. The maximum atomic E-state index is 10.4. The molecule has 0 bridgehead atoms. The Balaban J connectivity index is 0.000000171.